The first kappa shape index (κ1) is 14.9. The Labute approximate surface area is 135 Å². The van der Waals surface area contributed by atoms with Gasteiger partial charge < -0.3 is 10.2 Å². The fourth-order valence-electron chi connectivity index (χ4n) is 2.30. The van der Waals surface area contributed by atoms with Gasteiger partial charge in [0.05, 0.1) is 0 Å². The van der Waals surface area contributed by atoms with Crippen molar-refractivity contribution < 1.29 is 4.79 Å². The predicted octanol–water partition coefficient (Wildman–Crippen LogP) is 4.24. The van der Waals surface area contributed by atoms with Crippen LogP contribution in [0.1, 0.15) is 24.0 Å². The van der Waals surface area contributed by atoms with Crippen LogP contribution in [-0.4, -0.2) is 22.0 Å². The minimum Gasteiger partial charge on any atom is -0.317 e. The number of rotatable bonds is 4. The highest BCUT2D eigenvalue weighted by atomic mass is 35.5. The van der Waals surface area contributed by atoms with Crippen molar-refractivity contribution in [2.45, 2.75) is 32.4 Å². The van der Waals surface area contributed by atoms with Gasteiger partial charge in [0.25, 0.3) is 0 Å². The zero-order chi connectivity index (χ0) is 15.5. The molecule has 0 bridgehead atoms. The zero-order valence-corrected chi connectivity index (χ0v) is 13.2. The lowest BCUT2D eigenvalue weighted by atomic mass is 10.2. The van der Waals surface area contributed by atoms with E-state index in [9.17, 15) is 4.79 Å². The maximum Gasteiger partial charge on any atom is 0.322 e. The smallest absolute Gasteiger partial charge is 0.317 e. The molecule has 1 aliphatic rings. The van der Waals surface area contributed by atoms with Crippen LogP contribution in [0.5, 0.6) is 0 Å². The van der Waals surface area contributed by atoms with Crippen LogP contribution in [0.25, 0.3) is 0 Å². The van der Waals surface area contributed by atoms with Crippen molar-refractivity contribution in [2.24, 2.45) is 0 Å². The normalized spacial score (nSPS) is 13.7. The molecule has 3 rings (SSSR count). The number of carbonyl (C=O) groups excluding carboxylic acids is 1. The lowest BCUT2D eigenvalue weighted by molar-refractivity contribution is 0.206. The van der Waals surface area contributed by atoms with E-state index in [1.807, 2.05) is 36.1 Å². The minimum absolute atomic E-state index is 0.0840. The fraction of sp³-hybridized carbons (Fsp3) is 0.294. The number of hydrogen-bond acceptors (Lipinski definition) is 2. The average Bonchev–Trinajstić information content (AvgIpc) is 3.34. The molecule has 1 aliphatic carbocycles. The molecule has 2 amide bonds. The first-order valence-electron chi connectivity index (χ1n) is 7.36. The number of hydrogen-bond donors (Lipinski definition) is 1. The number of benzene rings is 1. The molecule has 0 radical (unpaired) electrons. The van der Waals surface area contributed by atoms with Crippen LogP contribution in [-0.2, 0) is 6.54 Å². The van der Waals surface area contributed by atoms with Crippen molar-refractivity contribution >= 4 is 23.3 Å². The van der Waals surface area contributed by atoms with E-state index in [1.165, 1.54) is 0 Å². The van der Waals surface area contributed by atoms with Gasteiger partial charge in [0, 0.05) is 35.7 Å². The highest BCUT2D eigenvalue weighted by Crippen LogP contribution is 2.29. The summed E-state index contributed by atoms with van der Waals surface area (Å²) in [6, 6.07) is 9.68. The molecule has 1 aromatic carbocycles. The van der Waals surface area contributed by atoms with Crippen LogP contribution < -0.4 is 5.32 Å². The Morgan fingerprint density at radius 1 is 1.32 bits per heavy atom. The Morgan fingerprint density at radius 2 is 2.05 bits per heavy atom. The number of nitrogens with one attached hydrogen (secondary N) is 1. The summed E-state index contributed by atoms with van der Waals surface area (Å²) in [6.45, 7) is 2.53. The number of pyridine rings is 1. The molecule has 0 saturated heterocycles. The second kappa shape index (κ2) is 6.36. The number of aryl methyl sites for hydroxylation is 1. The quantitative estimate of drug-likeness (QED) is 0.917. The molecule has 1 heterocycles. The summed E-state index contributed by atoms with van der Waals surface area (Å²) < 4.78 is 0. The minimum atomic E-state index is -0.0840. The zero-order valence-electron chi connectivity index (χ0n) is 12.4. The topological polar surface area (TPSA) is 45.2 Å². The van der Waals surface area contributed by atoms with E-state index in [-0.39, 0.29) is 6.03 Å². The Hall–Kier alpha value is -2.07. The molecule has 114 valence electrons. The van der Waals surface area contributed by atoms with E-state index in [0.29, 0.717) is 17.6 Å². The standard InChI is InChI=1S/C17H18ClN3O/c1-12-2-3-14(10-16(12)18)20-17(22)21(15-4-5-15)11-13-6-8-19-9-7-13/h2-3,6-10,15H,4-5,11H2,1H3,(H,20,22). The molecule has 22 heavy (non-hydrogen) atoms. The molecule has 1 saturated carbocycles. The van der Waals surface area contributed by atoms with Gasteiger partial charge >= 0.3 is 6.03 Å². The molecule has 0 unspecified atom stereocenters. The highest BCUT2D eigenvalue weighted by molar-refractivity contribution is 6.31. The van der Waals surface area contributed by atoms with Gasteiger partial charge in [-0.15, -0.1) is 0 Å². The van der Waals surface area contributed by atoms with Gasteiger partial charge in [-0.25, -0.2) is 4.79 Å². The summed E-state index contributed by atoms with van der Waals surface area (Å²) in [6.07, 6.45) is 5.62. The van der Waals surface area contributed by atoms with Crippen molar-refractivity contribution in [2.75, 3.05) is 5.32 Å². The lowest BCUT2D eigenvalue weighted by Crippen LogP contribution is -2.36. The second-order valence-electron chi connectivity index (χ2n) is 5.61. The van der Waals surface area contributed by atoms with Gasteiger partial charge in [-0.2, -0.15) is 0 Å². The Morgan fingerprint density at radius 3 is 2.68 bits per heavy atom. The van der Waals surface area contributed by atoms with E-state index in [1.54, 1.807) is 18.5 Å². The maximum absolute atomic E-state index is 12.6. The van der Waals surface area contributed by atoms with Crippen LogP contribution >= 0.6 is 11.6 Å². The maximum atomic E-state index is 12.6. The summed E-state index contributed by atoms with van der Waals surface area (Å²) in [5.74, 6) is 0. The predicted molar refractivity (Wildman–Crippen MR) is 88.0 cm³/mol. The summed E-state index contributed by atoms with van der Waals surface area (Å²) in [7, 11) is 0. The van der Waals surface area contributed by atoms with E-state index in [2.05, 4.69) is 10.3 Å². The van der Waals surface area contributed by atoms with Crippen LogP contribution in [0.15, 0.2) is 42.7 Å². The van der Waals surface area contributed by atoms with Gasteiger partial charge in [0.15, 0.2) is 0 Å². The van der Waals surface area contributed by atoms with Crippen molar-refractivity contribution in [1.82, 2.24) is 9.88 Å². The van der Waals surface area contributed by atoms with Gasteiger partial charge in [-0.3, -0.25) is 4.98 Å². The molecule has 0 atom stereocenters. The Kier molecular flexibility index (Phi) is 4.29. The molecule has 1 N–H and O–H groups in total. The molecular formula is C17H18ClN3O. The number of aromatic nitrogens is 1. The molecule has 1 aromatic heterocycles. The molecule has 5 heteroatoms. The number of nitrogens with zero attached hydrogens (tertiary/aromatic N) is 2. The number of urea groups is 1. The van der Waals surface area contributed by atoms with Crippen molar-refractivity contribution in [3.8, 4) is 0 Å². The van der Waals surface area contributed by atoms with Crippen LogP contribution in [0.3, 0.4) is 0 Å². The SMILES string of the molecule is Cc1ccc(NC(=O)N(Cc2ccncc2)C2CC2)cc1Cl. The van der Waals surface area contributed by atoms with Crippen LogP contribution in [0.4, 0.5) is 10.5 Å². The molecular weight excluding hydrogens is 298 g/mol. The van der Waals surface area contributed by atoms with E-state index in [4.69, 9.17) is 11.6 Å². The largest absolute Gasteiger partial charge is 0.322 e. The van der Waals surface area contributed by atoms with E-state index < -0.39 is 0 Å². The molecule has 2 aromatic rings. The van der Waals surface area contributed by atoms with Crippen molar-refractivity contribution in [3.05, 3.63) is 58.9 Å². The first-order valence-corrected chi connectivity index (χ1v) is 7.74. The van der Waals surface area contributed by atoms with Crippen LogP contribution in [0.2, 0.25) is 5.02 Å². The van der Waals surface area contributed by atoms with Gasteiger partial charge in [0.2, 0.25) is 0 Å². The van der Waals surface area contributed by atoms with Gasteiger partial charge in [-0.1, -0.05) is 17.7 Å². The third kappa shape index (κ3) is 3.57. The molecule has 0 aliphatic heterocycles. The Bertz CT molecular complexity index is 671. The summed E-state index contributed by atoms with van der Waals surface area (Å²) >= 11 is 6.11. The lowest BCUT2D eigenvalue weighted by Gasteiger charge is -2.23. The average molecular weight is 316 g/mol. The Balaban J connectivity index is 1.71. The summed E-state index contributed by atoms with van der Waals surface area (Å²) in [5.41, 5.74) is 2.80. The summed E-state index contributed by atoms with van der Waals surface area (Å²) in [5, 5.41) is 3.60. The van der Waals surface area contributed by atoms with Crippen molar-refractivity contribution in [1.29, 1.82) is 0 Å². The molecule has 1 fully saturated rings. The van der Waals surface area contributed by atoms with Gasteiger partial charge in [0.1, 0.15) is 0 Å². The monoisotopic (exact) mass is 315 g/mol. The number of amides is 2. The molecule has 0 spiro atoms. The second-order valence-corrected chi connectivity index (χ2v) is 6.02. The third-order valence-electron chi connectivity index (χ3n) is 3.77. The number of halogens is 1. The van der Waals surface area contributed by atoms with Crippen LogP contribution in [0, 0.1) is 6.92 Å². The van der Waals surface area contributed by atoms with Crippen molar-refractivity contribution in [3.63, 3.8) is 0 Å². The van der Waals surface area contributed by atoms with E-state index in [0.717, 1.165) is 29.7 Å². The first-order chi connectivity index (χ1) is 10.6. The van der Waals surface area contributed by atoms with E-state index >= 15 is 0 Å². The third-order valence-corrected chi connectivity index (χ3v) is 4.18. The van der Waals surface area contributed by atoms with Gasteiger partial charge in [-0.05, 0) is 55.2 Å². The number of anilines is 1. The number of carbonyl (C=O) groups is 1. The summed E-state index contributed by atoms with van der Waals surface area (Å²) in [4.78, 5) is 18.4. The fourth-order valence-corrected chi connectivity index (χ4v) is 2.48. The highest BCUT2D eigenvalue weighted by Gasteiger charge is 2.32. The molecule has 4 nitrogen and oxygen atoms in total.